The molecule has 1 aromatic carbocycles. The molecule has 0 spiro atoms. The molecule has 116 valence electrons. The second kappa shape index (κ2) is 7.28. The van der Waals surface area contributed by atoms with Gasteiger partial charge < -0.3 is 14.8 Å². The summed E-state index contributed by atoms with van der Waals surface area (Å²) >= 11 is 0. The third-order valence-electron chi connectivity index (χ3n) is 4.72. The number of fused-ring (bicyclic) bond motifs is 1. The Labute approximate surface area is 128 Å². The van der Waals surface area contributed by atoms with E-state index in [2.05, 4.69) is 36.5 Å². The van der Waals surface area contributed by atoms with Crippen LogP contribution in [0, 0.1) is 0 Å². The average Bonchev–Trinajstić information content (AvgIpc) is 3.01. The summed E-state index contributed by atoms with van der Waals surface area (Å²) in [5, 5.41) is 3.67. The van der Waals surface area contributed by atoms with E-state index in [1.165, 1.54) is 24.8 Å². The molecule has 0 saturated carbocycles. The Morgan fingerprint density at radius 2 is 2.10 bits per heavy atom. The van der Waals surface area contributed by atoms with Crippen LogP contribution < -0.4 is 10.1 Å². The van der Waals surface area contributed by atoms with Gasteiger partial charge in [-0.05, 0) is 56.2 Å². The van der Waals surface area contributed by atoms with Crippen molar-refractivity contribution >= 4 is 0 Å². The molecule has 3 unspecified atom stereocenters. The smallest absolute Gasteiger partial charge is 0.122 e. The van der Waals surface area contributed by atoms with Crippen LogP contribution in [0.15, 0.2) is 24.3 Å². The maximum Gasteiger partial charge on any atom is 0.122 e. The summed E-state index contributed by atoms with van der Waals surface area (Å²) < 4.78 is 11.6. The molecule has 2 aliphatic rings. The van der Waals surface area contributed by atoms with Crippen LogP contribution >= 0.6 is 0 Å². The van der Waals surface area contributed by atoms with E-state index in [0.717, 1.165) is 38.3 Å². The lowest BCUT2D eigenvalue weighted by Crippen LogP contribution is -2.34. The molecule has 1 fully saturated rings. The topological polar surface area (TPSA) is 30.5 Å². The Bertz CT molecular complexity index is 443. The first-order valence-corrected chi connectivity index (χ1v) is 8.43. The highest BCUT2D eigenvalue weighted by Crippen LogP contribution is 2.37. The molecule has 3 rings (SSSR count). The van der Waals surface area contributed by atoms with Crippen molar-refractivity contribution in [3.05, 3.63) is 29.8 Å². The van der Waals surface area contributed by atoms with Gasteiger partial charge in [0.25, 0.3) is 0 Å². The van der Waals surface area contributed by atoms with Crippen LogP contribution in [-0.2, 0) is 4.74 Å². The van der Waals surface area contributed by atoms with Gasteiger partial charge in [0.1, 0.15) is 5.75 Å². The lowest BCUT2D eigenvalue weighted by molar-refractivity contribution is 0.0921. The van der Waals surface area contributed by atoms with E-state index in [-0.39, 0.29) is 0 Å². The van der Waals surface area contributed by atoms with Crippen molar-refractivity contribution in [2.45, 2.75) is 57.1 Å². The second-order valence-electron chi connectivity index (χ2n) is 6.23. The zero-order valence-electron chi connectivity index (χ0n) is 13.0. The van der Waals surface area contributed by atoms with Gasteiger partial charge in [0, 0.05) is 12.6 Å². The molecule has 0 amide bonds. The first kappa shape index (κ1) is 14.9. The number of hydrogen-bond donors (Lipinski definition) is 1. The number of ether oxygens (including phenoxy) is 2. The Balaban J connectivity index is 1.65. The summed E-state index contributed by atoms with van der Waals surface area (Å²) in [6.07, 6.45) is 6.38. The van der Waals surface area contributed by atoms with E-state index in [4.69, 9.17) is 9.47 Å². The first-order chi connectivity index (χ1) is 10.4. The summed E-state index contributed by atoms with van der Waals surface area (Å²) in [5.41, 5.74) is 1.39. The highest BCUT2D eigenvalue weighted by atomic mass is 16.5. The fourth-order valence-corrected chi connectivity index (χ4v) is 3.70. The van der Waals surface area contributed by atoms with Crippen LogP contribution in [0.4, 0.5) is 0 Å². The molecule has 2 aliphatic heterocycles. The third-order valence-corrected chi connectivity index (χ3v) is 4.72. The summed E-state index contributed by atoms with van der Waals surface area (Å²) in [7, 11) is 0. The first-order valence-electron chi connectivity index (χ1n) is 8.43. The molecule has 2 heterocycles. The number of nitrogens with one attached hydrogen (secondary N) is 1. The second-order valence-corrected chi connectivity index (χ2v) is 6.23. The van der Waals surface area contributed by atoms with Gasteiger partial charge in [-0.25, -0.2) is 0 Å². The van der Waals surface area contributed by atoms with Crippen LogP contribution in [0.1, 0.15) is 50.5 Å². The van der Waals surface area contributed by atoms with Gasteiger partial charge in [-0.3, -0.25) is 0 Å². The van der Waals surface area contributed by atoms with Crippen molar-refractivity contribution in [3.8, 4) is 5.75 Å². The Morgan fingerprint density at radius 1 is 1.19 bits per heavy atom. The molecular weight excluding hydrogens is 262 g/mol. The SMILES string of the molecule is CCNC(CC1CCCO1)CC1CCOc2ccccc21. The fraction of sp³-hybridized carbons (Fsp3) is 0.667. The maximum absolute atomic E-state index is 5.82. The number of benzene rings is 1. The van der Waals surface area contributed by atoms with Gasteiger partial charge in [0.2, 0.25) is 0 Å². The monoisotopic (exact) mass is 289 g/mol. The molecule has 3 nitrogen and oxygen atoms in total. The maximum atomic E-state index is 5.82. The molecule has 3 heteroatoms. The quantitative estimate of drug-likeness (QED) is 0.869. The molecule has 0 radical (unpaired) electrons. The van der Waals surface area contributed by atoms with E-state index < -0.39 is 0 Å². The van der Waals surface area contributed by atoms with Gasteiger partial charge in [0.05, 0.1) is 12.7 Å². The van der Waals surface area contributed by atoms with E-state index in [1.54, 1.807) is 0 Å². The molecule has 0 aliphatic carbocycles. The van der Waals surface area contributed by atoms with Crippen molar-refractivity contribution in [1.29, 1.82) is 0 Å². The van der Waals surface area contributed by atoms with Crippen LogP contribution in [0.5, 0.6) is 5.75 Å². The Hall–Kier alpha value is -1.06. The van der Waals surface area contributed by atoms with Gasteiger partial charge >= 0.3 is 0 Å². The van der Waals surface area contributed by atoms with E-state index in [0.29, 0.717) is 18.1 Å². The molecule has 1 saturated heterocycles. The van der Waals surface area contributed by atoms with Crippen molar-refractivity contribution in [1.82, 2.24) is 5.32 Å². The minimum absolute atomic E-state index is 0.462. The highest BCUT2D eigenvalue weighted by Gasteiger charge is 2.26. The molecule has 21 heavy (non-hydrogen) atoms. The van der Waals surface area contributed by atoms with Crippen LogP contribution in [0.25, 0.3) is 0 Å². The zero-order chi connectivity index (χ0) is 14.5. The van der Waals surface area contributed by atoms with Crippen molar-refractivity contribution < 1.29 is 9.47 Å². The highest BCUT2D eigenvalue weighted by molar-refractivity contribution is 5.37. The van der Waals surface area contributed by atoms with Gasteiger partial charge in [-0.2, -0.15) is 0 Å². The van der Waals surface area contributed by atoms with E-state index >= 15 is 0 Å². The van der Waals surface area contributed by atoms with Crippen LogP contribution in [0.3, 0.4) is 0 Å². The normalized spacial score (nSPS) is 26.1. The van der Waals surface area contributed by atoms with Crippen molar-refractivity contribution in [3.63, 3.8) is 0 Å². The van der Waals surface area contributed by atoms with E-state index in [9.17, 15) is 0 Å². The van der Waals surface area contributed by atoms with Gasteiger partial charge in [-0.15, -0.1) is 0 Å². The third kappa shape index (κ3) is 3.78. The standard InChI is InChI=1S/C18H27NO2/c1-2-19-15(13-16-6-5-10-20-16)12-14-9-11-21-18-8-4-3-7-17(14)18/h3-4,7-8,14-16,19H,2,5-6,9-13H2,1H3. The minimum Gasteiger partial charge on any atom is -0.493 e. The van der Waals surface area contributed by atoms with Crippen LogP contribution in [-0.4, -0.2) is 31.9 Å². The lowest BCUT2D eigenvalue weighted by atomic mass is 9.86. The Kier molecular flexibility index (Phi) is 5.15. The summed E-state index contributed by atoms with van der Waals surface area (Å²) in [6, 6.07) is 9.07. The number of para-hydroxylation sites is 1. The van der Waals surface area contributed by atoms with Gasteiger partial charge in [0.15, 0.2) is 0 Å². The molecule has 0 bridgehead atoms. The summed E-state index contributed by atoms with van der Waals surface area (Å²) in [5.74, 6) is 1.70. The lowest BCUT2D eigenvalue weighted by Gasteiger charge is -2.30. The molecule has 3 atom stereocenters. The van der Waals surface area contributed by atoms with Crippen molar-refractivity contribution in [2.24, 2.45) is 0 Å². The summed E-state index contributed by atoms with van der Waals surface area (Å²) in [4.78, 5) is 0. The number of hydrogen-bond acceptors (Lipinski definition) is 3. The largest absolute Gasteiger partial charge is 0.493 e. The predicted octanol–water partition coefficient (Wildman–Crippen LogP) is 3.49. The predicted molar refractivity (Wildman–Crippen MR) is 85.0 cm³/mol. The molecule has 0 aromatic heterocycles. The molecular formula is C18H27NO2. The zero-order valence-corrected chi connectivity index (χ0v) is 13.0. The minimum atomic E-state index is 0.462. The Morgan fingerprint density at radius 3 is 2.90 bits per heavy atom. The van der Waals surface area contributed by atoms with Crippen LogP contribution in [0.2, 0.25) is 0 Å². The fourth-order valence-electron chi connectivity index (χ4n) is 3.70. The molecule has 1 N–H and O–H groups in total. The van der Waals surface area contributed by atoms with Crippen molar-refractivity contribution in [2.75, 3.05) is 19.8 Å². The number of rotatable bonds is 6. The average molecular weight is 289 g/mol. The van der Waals surface area contributed by atoms with Gasteiger partial charge in [-0.1, -0.05) is 25.1 Å². The van der Waals surface area contributed by atoms with E-state index in [1.807, 2.05) is 0 Å². The summed E-state index contributed by atoms with van der Waals surface area (Å²) in [6.45, 7) is 5.02. The molecule has 1 aromatic rings.